The van der Waals surface area contributed by atoms with E-state index < -0.39 is 17.2 Å². The fraction of sp³-hybridized carbons (Fsp3) is 0.273. The van der Waals surface area contributed by atoms with Gasteiger partial charge in [0.15, 0.2) is 0 Å². The number of rotatable bonds is 3. The minimum Gasteiger partial charge on any atom is -0.481 e. The summed E-state index contributed by atoms with van der Waals surface area (Å²) in [6.45, 7) is 2.84. The Morgan fingerprint density at radius 2 is 2.06 bits per heavy atom. The smallest absolute Gasteiger partial charge is 0.313 e. The van der Waals surface area contributed by atoms with Crippen LogP contribution in [0.4, 0.5) is 4.39 Å². The van der Waals surface area contributed by atoms with Crippen molar-refractivity contribution in [1.82, 2.24) is 0 Å². The second-order valence-electron chi connectivity index (χ2n) is 3.87. The largest absolute Gasteiger partial charge is 0.481 e. The summed E-state index contributed by atoms with van der Waals surface area (Å²) < 4.78 is 13.4. The van der Waals surface area contributed by atoms with Crippen LogP contribution in [0.3, 0.4) is 0 Å². The van der Waals surface area contributed by atoms with Gasteiger partial charge in [0.05, 0.1) is 9.89 Å². The first kappa shape index (κ1) is 12.8. The number of carboxylic acids is 1. The maximum absolute atomic E-state index is 13.3. The molecule has 0 saturated heterocycles. The van der Waals surface area contributed by atoms with Gasteiger partial charge in [-0.15, -0.1) is 0 Å². The molecule has 0 aromatic heterocycles. The molecule has 0 bridgehead atoms. The molecule has 1 aromatic rings. The molecular formula is C11H10BrFO3. The summed E-state index contributed by atoms with van der Waals surface area (Å²) in [6.07, 6.45) is 0.518. The third-order valence-corrected chi connectivity index (χ3v) is 3.19. The summed E-state index contributed by atoms with van der Waals surface area (Å²) in [6, 6.07) is 2.39. The van der Waals surface area contributed by atoms with E-state index in [4.69, 9.17) is 5.11 Å². The molecule has 0 fully saturated rings. The van der Waals surface area contributed by atoms with Crippen molar-refractivity contribution in [3.63, 3.8) is 0 Å². The Labute approximate surface area is 100 Å². The standard InChI is InChI=1S/C11H10BrFO3/c1-11(2,10(15)16)8-6(5-14)3-4-7(13)9(8)12/h3-5H,1-2H3,(H,15,16). The Kier molecular flexibility index (Phi) is 3.48. The van der Waals surface area contributed by atoms with Gasteiger partial charge < -0.3 is 5.11 Å². The molecule has 16 heavy (non-hydrogen) atoms. The molecule has 1 rings (SSSR count). The minimum absolute atomic E-state index is 0.0181. The topological polar surface area (TPSA) is 54.4 Å². The van der Waals surface area contributed by atoms with Crippen molar-refractivity contribution in [3.05, 3.63) is 33.5 Å². The normalized spacial score (nSPS) is 11.2. The maximum atomic E-state index is 13.3. The Hall–Kier alpha value is -1.23. The highest BCUT2D eigenvalue weighted by Crippen LogP contribution is 2.34. The van der Waals surface area contributed by atoms with Crippen LogP contribution in [-0.2, 0) is 10.2 Å². The van der Waals surface area contributed by atoms with E-state index in [2.05, 4.69) is 15.9 Å². The van der Waals surface area contributed by atoms with Crippen molar-refractivity contribution in [2.45, 2.75) is 19.3 Å². The van der Waals surface area contributed by atoms with Crippen molar-refractivity contribution >= 4 is 28.2 Å². The van der Waals surface area contributed by atoms with Crippen LogP contribution in [0, 0.1) is 5.82 Å². The van der Waals surface area contributed by atoms with Gasteiger partial charge in [0.1, 0.15) is 12.1 Å². The first-order valence-electron chi connectivity index (χ1n) is 4.49. The molecule has 3 nitrogen and oxygen atoms in total. The summed E-state index contributed by atoms with van der Waals surface area (Å²) in [7, 11) is 0. The summed E-state index contributed by atoms with van der Waals surface area (Å²) >= 11 is 2.98. The summed E-state index contributed by atoms with van der Waals surface area (Å²) in [5, 5.41) is 9.07. The zero-order valence-corrected chi connectivity index (χ0v) is 10.3. The van der Waals surface area contributed by atoms with Gasteiger partial charge in [0, 0.05) is 5.56 Å². The zero-order valence-electron chi connectivity index (χ0n) is 8.75. The van der Waals surface area contributed by atoms with Crippen LogP contribution in [0.2, 0.25) is 0 Å². The lowest BCUT2D eigenvalue weighted by Crippen LogP contribution is -2.30. The number of carboxylic acid groups (broad SMARTS) is 1. The first-order chi connectivity index (χ1) is 7.32. The van der Waals surface area contributed by atoms with E-state index in [1.165, 1.54) is 19.9 Å². The van der Waals surface area contributed by atoms with Crippen LogP contribution < -0.4 is 0 Å². The van der Waals surface area contributed by atoms with Gasteiger partial charge in [-0.2, -0.15) is 0 Å². The summed E-state index contributed by atoms with van der Waals surface area (Å²) in [4.78, 5) is 21.9. The van der Waals surface area contributed by atoms with Gasteiger partial charge in [0.2, 0.25) is 0 Å². The van der Waals surface area contributed by atoms with E-state index in [1.54, 1.807) is 0 Å². The SMILES string of the molecule is CC(C)(C(=O)O)c1c(C=O)ccc(F)c1Br. The Morgan fingerprint density at radius 1 is 1.50 bits per heavy atom. The van der Waals surface area contributed by atoms with E-state index in [0.717, 1.165) is 6.07 Å². The average Bonchev–Trinajstić information content (AvgIpc) is 2.21. The van der Waals surface area contributed by atoms with Gasteiger partial charge in [-0.05, 0) is 47.5 Å². The minimum atomic E-state index is -1.34. The average molecular weight is 289 g/mol. The lowest BCUT2D eigenvalue weighted by Gasteiger charge is -2.23. The fourth-order valence-corrected chi connectivity index (χ4v) is 2.26. The van der Waals surface area contributed by atoms with E-state index in [0.29, 0.717) is 6.29 Å². The second kappa shape index (κ2) is 4.33. The van der Waals surface area contributed by atoms with E-state index in [1.807, 2.05) is 0 Å². The molecule has 5 heteroatoms. The summed E-state index contributed by atoms with van der Waals surface area (Å²) in [5.74, 6) is -1.71. The Bertz CT molecular complexity index is 455. The molecule has 0 heterocycles. The molecule has 0 aliphatic carbocycles. The highest BCUT2D eigenvalue weighted by molar-refractivity contribution is 9.10. The molecule has 1 N–H and O–H groups in total. The molecule has 86 valence electrons. The molecule has 0 atom stereocenters. The number of carbonyl (C=O) groups is 2. The first-order valence-corrected chi connectivity index (χ1v) is 5.28. The van der Waals surface area contributed by atoms with Gasteiger partial charge in [0.25, 0.3) is 0 Å². The number of halogens is 2. The van der Waals surface area contributed by atoms with E-state index >= 15 is 0 Å². The number of benzene rings is 1. The quantitative estimate of drug-likeness (QED) is 0.870. The lowest BCUT2D eigenvalue weighted by molar-refractivity contribution is -0.142. The Balaban J connectivity index is 3.59. The predicted octanol–water partition coefficient (Wildman–Crippen LogP) is 2.76. The van der Waals surface area contributed by atoms with Crippen LogP contribution >= 0.6 is 15.9 Å². The molecule has 0 saturated carbocycles. The van der Waals surface area contributed by atoms with Gasteiger partial charge in [-0.3, -0.25) is 9.59 Å². The molecule has 0 unspecified atom stereocenters. The molecular weight excluding hydrogens is 279 g/mol. The lowest BCUT2D eigenvalue weighted by atomic mass is 9.82. The number of aliphatic carboxylic acids is 1. The molecule has 0 aliphatic heterocycles. The van der Waals surface area contributed by atoms with Crippen molar-refractivity contribution in [2.24, 2.45) is 0 Å². The molecule has 1 aromatic carbocycles. The zero-order chi connectivity index (χ0) is 12.5. The molecule has 0 amide bonds. The highest BCUT2D eigenvalue weighted by atomic mass is 79.9. The monoisotopic (exact) mass is 288 g/mol. The fourth-order valence-electron chi connectivity index (χ4n) is 1.41. The molecule has 0 radical (unpaired) electrons. The van der Waals surface area contributed by atoms with Gasteiger partial charge >= 0.3 is 5.97 Å². The third kappa shape index (κ3) is 2.00. The number of hydrogen-bond donors (Lipinski definition) is 1. The van der Waals surface area contributed by atoms with Crippen LogP contribution in [-0.4, -0.2) is 17.4 Å². The highest BCUT2D eigenvalue weighted by Gasteiger charge is 2.34. The van der Waals surface area contributed by atoms with Crippen molar-refractivity contribution in [2.75, 3.05) is 0 Å². The van der Waals surface area contributed by atoms with Crippen LogP contribution in [0.1, 0.15) is 29.8 Å². The summed E-state index contributed by atoms with van der Waals surface area (Å²) in [5.41, 5.74) is -1.02. The van der Waals surface area contributed by atoms with E-state index in [-0.39, 0.29) is 15.6 Å². The van der Waals surface area contributed by atoms with Crippen molar-refractivity contribution < 1.29 is 19.1 Å². The number of aldehydes is 1. The van der Waals surface area contributed by atoms with E-state index in [9.17, 15) is 14.0 Å². The van der Waals surface area contributed by atoms with Gasteiger partial charge in [-0.1, -0.05) is 0 Å². The maximum Gasteiger partial charge on any atom is 0.313 e. The molecule has 0 aliphatic rings. The molecule has 0 spiro atoms. The Morgan fingerprint density at radius 3 is 2.50 bits per heavy atom. The van der Waals surface area contributed by atoms with Crippen LogP contribution in [0.5, 0.6) is 0 Å². The van der Waals surface area contributed by atoms with Crippen molar-refractivity contribution in [3.8, 4) is 0 Å². The third-order valence-electron chi connectivity index (χ3n) is 2.41. The van der Waals surface area contributed by atoms with Crippen molar-refractivity contribution in [1.29, 1.82) is 0 Å². The second-order valence-corrected chi connectivity index (χ2v) is 4.67. The van der Waals surface area contributed by atoms with Gasteiger partial charge in [-0.25, -0.2) is 4.39 Å². The van der Waals surface area contributed by atoms with Crippen LogP contribution in [0.25, 0.3) is 0 Å². The van der Waals surface area contributed by atoms with Crippen LogP contribution in [0.15, 0.2) is 16.6 Å². The predicted molar refractivity (Wildman–Crippen MR) is 60.1 cm³/mol. The number of carbonyl (C=O) groups excluding carboxylic acids is 1. The number of hydrogen-bond acceptors (Lipinski definition) is 2.